The van der Waals surface area contributed by atoms with Gasteiger partial charge in [0.2, 0.25) is 0 Å². The van der Waals surface area contributed by atoms with Gasteiger partial charge in [0.15, 0.2) is 0 Å². The number of hydrogen-bond acceptors (Lipinski definition) is 4. The zero-order valence-corrected chi connectivity index (χ0v) is 12.8. The summed E-state index contributed by atoms with van der Waals surface area (Å²) in [7, 11) is 0. The Labute approximate surface area is 131 Å². The Kier molecular flexibility index (Phi) is 5.56. The Morgan fingerprint density at radius 2 is 2.27 bits per heavy atom. The molecule has 0 spiro atoms. The highest BCUT2D eigenvalue weighted by molar-refractivity contribution is 6.08. The summed E-state index contributed by atoms with van der Waals surface area (Å²) < 4.78 is 0. The van der Waals surface area contributed by atoms with Crippen LogP contribution in [0.5, 0.6) is 0 Å². The summed E-state index contributed by atoms with van der Waals surface area (Å²) in [5.74, 6) is -0.272. The van der Waals surface area contributed by atoms with Gasteiger partial charge in [-0.15, -0.1) is 0 Å². The number of para-hydroxylation sites is 1. The fourth-order valence-corrected chi connectivity index (χ4v) is 2.65. The molecular weight excluding hydrogens is 278 g/mol. The number of carbonyl (C=O) groups is 1. The van der Waals surface area contributed by atoms with Crippen molar-refractivity contribution in [2.24, 2.45) is 0 Å². The van der Waals surface area contributed by atoms with Gasteiger partial charge in [-0.25, -0.2) is 0 Å². The van der Waals surface area contributed by atoms with E-state index in [2.05, 4.69) is 0 Å². The number of benzene rings is 1. The monoisotopic (exact) mass is 299 g/mol. The average molecular weight is 299 g/mol. The lowest BCUT2D eigenvalue weighted by Gasteiger charge is -2.29. The van der Waals surface area contributed by atoms with Crippen LogP contribution in [-0.2, 0) is 11.2 Å². The molecule has 116 valence electrons. The molecule has 1 N–H and O–H groups in total. The highest BCUT2D eigenvalue weighted by Crippen LogP contribution is 2.27. The van der Waals surface area contributed by atoms with Crippen molar-refractivity contribution in [1.29, 1.82) is 5.26 Å². The molecule has 0 aliphatic carbocycles. The highest BCUT2D eigenvalue weighted by Gasteiger charge is 2.25. The van der Waals surface area contributed by atoms with Crippen molar-refractivity contribution in [1.82, 2.24) is 4.90 Å². The molecule has 0 unspecified atom stereocenters. The minimum Gasteiger partial charge on any atom is -0.395 e. The molecule has 0 aromatic heterocycles. The second-order valence-electron chi connectivity index (χ2n) is 5.20. The molecule has 1 aromatic carbocycles. The van der Waals surface area contributed by atoms with Gasteiger partial charge in [0, 0.05) is 31.5 Å². The van der Waals surface area contributed by atoms with Crippen LogP contribution in [0.3, 0.4) is 0 Å². The molecule has 1 aliphatic rings. The van der Waals surface area contributed by atoms with Crippen molar-refractivity contribution in [3.8, 4) is 6.07 Å². The lowest BCUT2D eigenvalue weighted by atomic mass is 10.0. The maximum atomic E-state index is 12.7. The van der Waals surface area contributed by atoms with Gasteiger partial charge in [-0.3, -0.25) is 4.79 Å². The number of aryl methyl sites for hydroxylation is 1. The van der Waals surface area contributed by atoms with Gasteiger partial charge in [-0.2, -0.15) is 5.26 Å². The fourth-order valence-electron chi connectivity index (χ4n) is 2.65. The van der Waals surface area contributed by atoms with Gasteiger partial charge in [-0.1, -0.05) is 18.2 Å². The predicted molar refractivity (Wildman–Crippen MR) is 85.1 cm³/mol. The Hall–Kier alpha value is -2.32. The lowest BCUT2D eigenvalue weighted by molar-refractivity contribution is -0.114. The average Bonchev–Trinajstić information content (AvgIpc) is 2.57. The molecule has 0 fully saturated rings. The maximum Gasteiger partial charge on any atom is 0.270 e. The van der Waals surface area contributed by atoms with E-state index in [0.717, 1.165) is 24.1 Å². The third kappa shape index (κ3) is 3.46. The summed E-state index contributed by atoms with van der Waals surface area (Å²) in [6.45, 7) is 3.58. The van der Waals surface area contributed by atoms with E-state index < -0.39 is 0 Å². The van der Waals surface area contributed by atoms with Crippen LogP contribution in [0.15, 0.2) is 36.0 Å². The summed E-state index contributed by atoms with van der Waals surface area (Å²) in [6, 6.07) is 9.82. The molecule has 1 aliphatic heterocycles. The number of likely N-dealkylation sites (N-methyl/N-ethyl adjacent to an activating group) is 1. The number of rotatable bonds is 5. The number of carbonyl (C=O) groups excluding carboxylic acids is 1. The standard InChI is InChI=1S/C17H21N3O2/c1-2-19(10-11-21)13-15(12-18)17(22)20-9-5-7-14-6-3-4-8-16(14)20/h3-4,6,8,13,21H,2,5,7,9-11H2,1H3/b15-13-. The van der Waals surface area contributed by atoms with Crippen molar-refractivity contribution < 1.29 is 9.90 Å². The molecule has 1 aromatic rings. The van der Waals surface area contributed by atoms with Crippen molar-refractivity contribution in [3.05, 3.63) is 41.6 Å². The quantitative estimate of drug-likeness (QED) is 0.663. The first-order chi connectivity index (χ1) is 10.7. The number of aliphatic hydroxyl groups excluding tert-OH is 1. The Bertz CT molecular complexity index is 604. The van der Waals surface area contributed by atoms with E-state index in [1.807, 2.05) is 37.3 Å². The topological polar surface area (TPSA) is 67.6 Å². The summed E-state index contributed by atoms with van der Waals surface area (Å²) >= 11 is 0. The van der Waals surface area contributed by atoms with E-state index in [1.165, 1.54) is 0 Å². The number of nitriles is 1. The third-order valence-corrected chi connectivity index (χ3v) is 3.81. The first-order valence-corrected chi connectivity index (χ1v) is 7.57. The van der Waals surface area contributed by atoms with Crippen LogP contribution >= 0.6 is 0 Å². The second kappa shape index (κ2) is 7.62. The Balaban J connectivity index is 2.27. The van der Waals surface area contributed by atoms with Crippen molar-refractivity contribution >= 4 is 11.6 Å². The molecule has 1 heterocycles. The van der Waals surface area contributed by atoms with Crippen LogP contribution in [0.1, 0.15) is 18.9 Å². The Morgan fingerprint density at radius 1 is 1.50 bits per heavy atom. The predicted octanol–water partition coefficient (Wildman–Crippen LogP) is 1.69. The SMILES string of the molecule is CCN(/C=C(/C#N)C(=O)N1CCCc2ccccc21)CCO. The van der Waals surface area contributed by atoms with Gasteiger partial charge in [0.1, 0.15) is 11.6 Å². The van der Waals surface area contributed by atoms with Crippen molar-refractivity contribution in [2.75, 3.05) is 31.1 Å². The van der Waals surface area contributed by atoms with Gasteiger partial charge >= 0.3 is 0 Å². The largest absolute Gasteiger partial charge is 0.395 e. The molecular formula is C17H21N3O2. The van der Waals surface area contributed by atoms with Crippen molar-refractivity contribution in [2.45, 2.75) is 19.8 Å². The van der Waals surface area contributed by atoms with Gasteiger partial charge < -0.3 is 14.9 Å². The zero-order chi connectivity index (χ0) is 15.9. The molecule has 0 bridgehead atoms. The number of amides is 1. The lowest BCUT2D eigenvalue weighted by Crippen LogP contribution is -2.37. The summed E-state index contributed by atoms with van der Waals surface area (Å²) in [6.07, 6.45) is 3.41. The molecule has 5 heteroatoms. The zero-order valence-electron chi connectivity index (χ0n) is 12.8. The van der Waals surface area contributed by atoms with Crippen LogP contribution in [-0.4, -0.2) is 42.2 Å². The second-order valence-corrected chi connectivity index (χ2v) is 5.20. The minimum absolute atomic E-state index is 0.0101. The maximum absolute atomic E-state index is 12.7. The van der Waals surface area contributed by atoms with Crippen LogP contribution in [0.25, 0.3) is 0 Å². The normalized spacial score (nSPS) is 14.2. The van der Waals surface area contributed by atoms with Gasteiger partial charge in [0.05, 0.1) is 6.61 Å². The van der Waals surface area contributed by atoms with E-state index in [-0.39, 0.29) is 18.1 Å². The fraction of sp³-hybridized carbons (Fsp3) is 0.412. The van der Waals surface area contributed by atoms with E-state index in [0.29, 0.717) is 19.6 Å². The van der Waals surface area contributed by atoms with Gasteiger partial charge in [-0.05, 0) is 31.4 Å². The van der Waals surface area contributed by atoms with Crippen LogP contribution < -0.4 is 4.90 Å². The van der Waals surface area contributed by atoms with Crippen LogP contribution in [0.2, 0.25) is 0 Å². The minimum atomic E-state index is -0.272. The van der Waals surface area contributed by atoms with E-state index in [4.69, 9.17) is 5.11 Å². The molecule has 0 saturated carbocycles. The number of aliphatic hydroxyl groups is 1. The highest BCUT2D eigenvalue weighted by atomic mass is 16.3. The summed E-state index contributed by atoms with van der Waals surface area (Å²) in [5.41, 5.74) is 2.14. The molecule has 0 radical (unpaired) electrons. The summed E-state index contributed by atoms with van der Waals surface area (Å²) in [4.78, 5) is 16.1. The number of hydrogen-bond donors (Lipinski definition) is 1. The van der Waals surface area contributed by atoms with Crippen molar-refractivity contribution in [3.63, 3.8) is 0 Å². The van der Waals surface area contributed by atoms with E-state index in [1.54, 1.807) is 16.0 Å². The molecule has 0 saturated heterocycles. The summed E-state index contributed by atoms with van der Waals surface area (Å²) in [5, 5.41) is 18.4. The first-order valence-electron chi connectivity index (χ1n) is 7.57. The number of anilines is 1. The smallest absolute Gasteiger partial charge is 0.270 e. The number of fused-ring (bicyclic) bond motifs is 1. The van der Waals surface area contributed by atoms with Crippen LogP contribution in [0.4, 0.5) is 5.69 Å². The van der Waals surface area contributed by atoms with Crippen LogP contribution in [0, 0.1) is 11.3 Å². The molecule has 0 atom stereocenters. The molecule has 2 rings (SSSR count). The molecule has 22 heavy (non-hydrogen) atoms. The van der Waals surface area contributed by atoms with Gasteiger partial charge in [0.25, 0.3) is 5.91 Å². The first kappa shape index (κ1) is 16.1. The molecule has 5 nitrogen and oxygen atoms in total. The molecule has 1 amide bonds. The third-order valence-electron chi connectivity index (χ3n) is 3.81. The van der Waals surface area contributed by atoms with E-state index >= 15 is 0 Å². The Morgan fingerprint density at radius 3 is 2.95 bits per heavy atom. The van der Waals surface area contributed by atoms with E-state index in [9.17, 15) is 10.1 Å². The number of nitrogens with zero attached hydrogens (tertiary/aromatic N) is 3.